The Labute approximate surface area is 169 Å². The summed E-state index contributed by atoms with van der Waals surface area (Å²) >= 11 is 1.55. The predicted molar refractivity (Wildman–Crippen MR) is 113 cm³/mol. The van der Waals surface area contributed by atoms with Crippen molar-refractivity contribution in [2.24, 2.45) is 5.92 Å². The van der Waals surface area contributed by atoms with Gasteiger partial charge in [0.05, 0.1) is 12.1 Å². The molecule has 1 aliphatic rings. The van der Waals surface area contributed by atoms with Crippen molar-refractivity contribution in [3.8, 4) is 5.75 Å². The van der Waals surface area contributed by atoms with Crippen LogP contribution in [0.2, 0.25) is 0 Å². The van der Waals surface area contributed by atoms with Crippen molar-refractivity contribution >= 4 is 22.9 Å². The molecule has 4 rings (SSSR count). The molecular formula is C23H24N2O2S. The predicted octanol–water partition coefficient (Wildman–Crippen LogP) is 5.19. The lowest BCUT2D eigenvalue weighted by atomic mass is 10.1. The molecule has 0 spiro atoms. The van der Waals surface area contributed by atoms with Gasteiger partial charge in [-0.15, -0.1) is 11.3 Å². The Kier molecular flexibility index (Phi) is 5.44. The molecule has 0 bridgehead atoms. The van der Waals surface area contributed by atoms with E-state index >= 15 is 0 Å². The van der Waals surface area contributed by atoms with Crippen LogP contribution in [0, 0.1) is 5.92 Å². The van der Waals surface area contributed by atoms with Crippen LogP contribution in [0.1, 0.15) is 40.8 Å². The van der Waals surface area contributed by atoms with Crippen LogP contribution < -0.4 is 9.64 Å². The van der Waals surface area contributed by atoms with E-state index in [4.69, 9.17) is 4.74 Å². The first kappa shape index (κ1) is 18.7. The van der Waals surface area contributed by atoms with Crippen molar-refractivity contribution in [1.82, 2.24) is 4.98 Å². The number of rotatable bonds is 7. The Bertz CT molecular complexity index is 933. The molecule has 0 aliphatic heterocycles. The number of amides is 1. The van der Waals surface area contributed by atoms with Crippen molar-refractivity contribution in [1.29, 1.82) is 0 Å². The number of methoxy groups -OCH3 is 1. The quantitative estimate of drug-likeness (QED) is 0.556. The largest absolute Gasteiger partial charge is 0.497 e. The molecule has 5 heteroatoms. The molecule has 1 atom stereocenters. The molecule has 1 amide bonds. The second-order valence-electron chi connectivity index (χ2n) is 7.24. The smallest absolute Gasteiger partial charge is 0.278 e. The number of anilines is 1. The lowest BCUT2D eigenvalue weighted by Crippen LogP contribution is -2.40. The Balaban J connectivity index is 1.58. The highest BCUT2D eigenvalue weighted by atomic mass is 32.1. The van der Waals surface area contributed by atoms with E-state index in [2.05, 4.69) is 24.0 Å². The van der Waals surface area contributed by atoms with Gasteiger partial charge in [0.2, 0.25) is 0 Å². The van der Waals surface area contributed by atoms with Gasteiger partial charge in [0, 0.05) is 23.5 Å². The second kappa shape index (κ2) is 8.15. The number of ether oxygens (including phenoxy) is 1. The Morgan fingerprint density at radius 3 is 2.54 bits per heavy atom. The number of hydrogen-bond acceptors (Lipinski definition) is 4. The first-order valence-electron chi connectivity index (χ1n) is 9.61. The highest BCUT2D eigenvalue weighted by molar-refractivity contribution is 7.09. The first-order chi connectivity index (χ1) is 13.7. The van der Waals surface area contributed by atoms with Crippen LogP contribution in [0.5, 0.6) is 5.75 Å². The lowest BCUT2D eigenvalue weighted by Gasteiger charge is -2.29. The minimum Gasteiger partial charge on any atom is -0.497 e. The van der Waals surface area contributed by atoms with Gasteiger partial charge < -0.3 is 9.64 Å². The number of carbonyl (C=O) groups excluding carboxylic acids is 1. The number of nitrogens with zero attached hydrogens (tertiary/aromatic N) is 2. The molecule has 1 unspecified atom stereocenters. The van der Waals surface area contributed by atoms with Crippen molar-refractivity contribution in [2.45, 2.75) is 32.2 Å². The first-order valence-corrected chi connectivity index (χ1v) is 10.5. The van der Waals surface area contributed by atoms with E-state index < -0.39 is 0 Å². The SMILES string of the molecule is COc1ccc(N(C(=O)c2csc(Cc3ccccc3)n2)C(C)C2CC2)cc1. The monoisotopic (exact) mass is 392 g/mol. The van der Waals surface area contributed by atoms with E-state index in [-0.39, 0.29) is 11.9 Å². The molecule has 0 N–H and O–H groups in total. The molecule has 2 aromatic carbocycles. The summed E-state index contributed by atoms with van der Waals surface area (Å²) in [6.07, 6.45) is 3.11. The molecule has 1 aromatic heterocycles. The van der Waals surface area contributed by atoms with Gasteiger partial charge in [-0.25, -0.2) is 4.98 Å². The van der Waals surface area contributed by atoms with E-state index in [0.717, 1.165) is 22.9 Å². The molecule has 1 fully saturated rings. The maximum atomic E-state index is 13.4. The molecule has 3 aromatic rings. The molecule has 28 heavy (non-hydrogen) atoms. The topological polar surface area (TPSA) is 42.4 Å². The van der Waals surface area contributed by atoms with Crippen molar-refractivity contribution in [3.05, 3.63) is 76.2 Å². The van der Waals surface area contributed by atoms with Crippen LogP contribution in [-0.4, -0.2) is 24.0 Å². The number of benzene rings is 2. The van der Waals surface area contributed by atoms with E-state index in [1.165, 1.54) is 18.4 Å². The summed E-state index contributed by atoms with van der Waals surface area (Å²) in [5.41, 5.74) is 2.62. The number of thiazole rings is 1. The van der Waals surface area contributed by atoms with Crippen LogP contribution in [0.4, 0.5) is 5.69 Å². The normalized spacial score (nSPS) is 14.5. The van der Waals surface area contributed by atoms with Crippen molar-refractivity contribution in [3.63, 3.8) is 0 Å². The molecule has 144 valence electrons. The Morgan fingerprint density at radius 1 is 1.18 bits per heavy atom. The third-order valence-corrected chi connectivity index (χ3v) is 6.10. The van der Waals surface area contributed by atoms with Gasteiger partial charge in [0.15, 0.2) is 0 Å². The van der Waals surface area contributed by atoms with Crippen LogP contribution in [-0.2, 0) is 6.42 Å². The van der Waals surface area contributed by atoms with Crippen LogP contribution in [0.3, 0.4) is 0 Å². The van der Waals surface area contributed by atoms with E-state index in [0.29, 0.717) is 11.6 Å². The highest BCUT2D eigenvalue weighted by Gasteiger charge is 2.36. The zero-order chi connectivity index (χ0) is 19.5. The minimum atomic E-state index is -0.0277. The average Bonchev–Trinajstić information content (AvgIpc) is 3.48. The molecule has 1 aliphatic carbocycles. The van der Waals surface area contributed by atoms with Gasteiger partial charge in [-0.1, -0.05) is 30.3 Å². The summed E-state index contributed by atoms with van der Waals surface area (Å²) in [7, 11) is 1.65. The summed E-state index contributed by atoms with van der Waals surface area (Å²) in [5.74, 6) is 1.32. The highest BCUT2D eigenvalue weighted by Crippen LogP contribution is 2.38. The summed E-state index contributed by atoms with van der Waals surface area (Å²) in [4.78, 5) is 19.9. The fraction of sp³-hybridized carbons (Fsp3) is 0.304. The Morgan fingerprint density at radius 2 is 1.89 bits per heavy atom. The van der Waals surface area contributed by atoms with Crippen LogP contribution >= 0.6 is 11.3 Å². The molecule has 1 heterocycles. The fourth-order valence-corrected chi connectivity index (χ4v) is 4.26. The van der Waals surface area contributed by atoms with Gasteiger partial charge >= 0.3 is 0 Å². The molecule has 0 radical (unpaired) electrons. The van der Waals surface area contributed by atoms with Crippen molar-refractivity contribution in [2.75, 3.05) is 12.0 Å². The number of hydrogen-bond donors (Lipinski definition) is 0. The van der Waals surface area contributed by atoms with Gasteiger partial charge in [-0.2, -0.15) is 0 Å². The van der Waals surface area contributed by atoms with Crippen LogP contribution in [0.25, 0.3) is 0 Å². The van der Waals surface area contributed by atoms with Crippen molar-refractivity contribution < 1.29 is 9.53 Å². The lowest BCUT2D eigenvalue weighted by molar-refractivity contribution is 0.0971. The van der Waals surface area contributed by atoms with Gasteiger partial charge in [0.1, 0.15) is 11.4 Å². The average molecular weight is 393 g/mol. The maximum absolute atomic E-state index is 13.4. The van der Waals surface area contributed by atoms with Gasteiger partial charge in [-0.05, 0) is 55.5 Å². The van der Waals surface area contributed by atoms with E-state index in [9.17, 15) is 4.79 Å². The maximum Gasteiger partial charge on any atom is 0.278 e. The number of carbonyl (C=O) groups is 1. The zero-order valence-corrected chi connectivity index (χ0v) is 17.0. The summed E-state index contributed by atoms with van der Waals surface area (Å²) < 4.78 is 5.26. The third-order valence-electron chi connectivity index (χ3n) is 5.25. The molecule has 4 nitrogen and oxygen atoms in total. The molecule has 1 saturated carbocycles. The molecule has 0 saturated heterocycles. The summed E-state index contributed by atoms with van der Waals surface area (Å²) in [6.45, 7) is 2.14. The Hall–Kier alpha value is -2.66. The summed E-state index contributed by atoms with van der Waals surface area (Å²) in [6, 6.07) is 18.1. The number of aromatic nitrogens is 1. The fourth-order valence-electron chi connectivity index (χ4n) is 3.45. The van der Waals surface area contributed by atoms with E-state index in [1.807, 2.05) is 52.7 Å². The minimum absolute atomic E-state index is 0.0277. The summed E-state index contributed by atoms with van der Waals surface area (Å²) in [5, 5.41) is 2.85. The van der Waals surface area contributed by atoms with Gasteiger partial charge in [-0.3, -0.25) is 4.79 Å². The standard InChI is InChI=1S/C23H24N2O2S/c1-16(18-8-9-18)25(19-10-12-20(27-2)13-11-19)23(26)21-15-28-22(24-21)14-17-6-4-3-5-7-17/h3-7,10-13,15-16,18H,8-9,14H2,1-2H3. The van der Waals surface area contributed by atoms with Crippen LogP contribution in [0.15, 0.2) is 60.0 Å². The second-order valence-corrected chi connectivity index (χ2v) is 8.18. The van der Waals surface area contributed by atoms with E-state index in [1.54, 1.807) is 18.4 Å². The molecular weight excluding hydrogens is 368 g/mol. The van der Waals surface area contributed by atoms with Gasteiger partial charge in [0.25, 0.3) is 5.91 Å². The third kappa shape index (κ3) is 4.09. The zero-order valence-electron chi connectivity index (χ0n) is 16.2.